The molecule has 2 saturated carbocycles. The lowest BCUT2D eigenvalue weighted by Crippen LogP contribution is -2.34. The number of nitrogens with zero attached hydrogens (tertiary/aromatic N) is 1. The molecule has 0 spiro atoms. The van der Waals surface area contributed by atoms with Crippen molar-refractivity contribution in [1.82, 2.24) is 9.88 Å². The average molecular weight is 686 g/mol. The molecule has 0 radical (unpaired) electrons. The van der Waals surface area contributed by atoms with Crippen molar-refractivity contribution in [2.75, 3.05) is 0 Å². The Hall–Kier alpha value is -5.32. The monoisotopic (exact) mass is 685 g/mol. The van der Waals surface area contributed by atoms with E-state index in [4.69, 9.17) is 5.73 Å². The van der Waals surface area contributed by atoms with Crippen LogP contribution in [-0.4, -0.2) is 16.4 Å². The molecule has 6 nitrogen and oxygen atoms in total. The van der Waals surface area contributed by atoms with Crippen LogP contribution in [0.25, 0.3) is 10.8 Å². The Balaban J connectivity index is 1.51. The van der Waals surface area contributed by atoms with Crippen LogP contribution in [0.4, 0.5) is 22.0 Å². The van der Waals surface area contributed by atoms with E-state index in [1.807, 2.05) is 0 Å². The SMILES string of the molecule is Cc1c(C(=O)N[C@H](c2cccc(F)c2)C2CC2)c2c([C@@H](c3cccc(F)c3C(N)=O)C3CC3)ccc(F)c2c(=O)n1Cc1c(F)cccc1F. The summed E-state index contributed by atoms with van der Waals surface area (Å²) in [6.07, 6.45) is 2.83. The van der Waals surface area contributed by atoms with Crippen LogP contribution in [-0.2, 0) is 6.54 Å². The van der Waals surface area contributed by atoms with Crippen LogP contribution >= 0.6 is 0 Å². The van der Waals surface area contributed by atoms with E-state index in [0.29, 0.717) is 24.0 Å². The van der Waals surface area contributed by atoms with Gasteiger partial charge in [0.25, 0.3) is 17.4 Å². The van der Waals surface area contributed by atoms with Crippen molar-refractivity contribution in [2.45, 2.75) is 51.1 Å². The van der Waals surface area contributed by atoms with Crippen molar-refractivity contribution < 1.29 is 31.5 Å². The molecule has 11 heteroatoms. The highest BCUT2D eigenvalue weighted by Crippen LogP contribution is 2.50. The van der Waals surface area contributed by atoms with E-state index in [2.05, 4.69) is 5.32 Å². The summed E-state index contributed by atoms with van der Waals surface area (Å²) in [6, 6.07) is 14.9. The van der Waals surface area contributed by atoms with Gasteiger partial charge in [-0.25, -0.2) is 22.0 Å². The minimum absolute atomic E-state index is 0.00722. The van der Waals surface area contributed by atoms with E-state index >= 15 is 8.78 Å². The molecule has 2 fully saturated rings. The Morgan fingerprint density at radius 3 is 2.06 bits per heavy atom. The zero-order valence-corrected chi connectivity index (χ0v) is 26.9. The van der Waals surface area contributed by atoms with Gasteiger partial charge in [-0.2, -0.15) is 0 Å². The van der Waals surface area contributed by atoms with Crippen LogP contribution in [0.1, 0.15) is 86.3 Å². The van der Waals surface area contributed by atoms with Gasteiger partial charge in [-0.15, -0.1) is 0 Å². The first-order valence-corrected chi connectivity index (χ1v) is 16.4. The number of carbonyl (C=O) groups excluding carboxylic acids is 2. The van der Waals surface area contributed by atoms with E-state index in [-0.39, 0.29) is 39.6 Å². The average Bonchev–Trinajstić information content (AvgIpc) is 4.00. The Labute approximate surface area is 283 Å². The fraction of sp³-hybridized carbons (Fsp3) is 0.256. The van der Waals surface area contributed by atoms with E-state index in [1.165, 1.54) is 43.3 Å². The lowest BCUT2D eigenvalue weighted by Gasteiger charge is -2.26. The van der Waals surface area contributed by atoms with Gasteiger partial charge in [0, 0.05) is 22.6 Å². The molecule has 0 aliphatic heterocycles. The molecule has 1 heterocycles. The second-order valence-electron chi connectivity index (χ2n) is 13.2. The van der Waals surface area contributed by atoms with Crippen molar-refractivity contribution in [3.05, 3.63) is 151 Å². The van der Waals surface area contributed by atoms with Crippen LogP contribution < -0.4 is 16.6 Å². The molecule has 2 aliphatic rings. The molecule has 1 aromatic heterocycles. The zero-order chi connectivity index (χ0) is 35.4. The maximum absolute atomic E-state index is 16.1. The van der Waals surface area contributed by atoms with Crippen LogP contribution in [0.15, 0.2) is 77.6 Å². The number of pyridine rings is 1. The number of carbonyl (C=O) groups is 2. The maximum Gasteiger partial charge on any atom is 0.261 e. The summed E-state index contributed by atoms with van der Waals surface area (Å²) in [5.41, 5.74) is 4.77. The van der Waals surface area contributed by atoms with Gasteiger partial charge in [-0.05, 0) is 97.5 Å². The topological polar surface area (TPSA) is 94.2 Å². The first-order valence-electron chi connectivity index (χ1n) is 16.4. The fourth-order valence-electron chi connectivity index (χ4n) is 7.23. The maximum atomic E-state index is 16.1. The second kappa shape index (κ2) is 12.9. The largest absolute Gasteiger partial charge is 0.365 e. The van der Waals surface area contributed by atoms with E-state index in [9.17, 15) is 27.6 Å². The first kappa shape index (κ1) is 33.2. The molecule has 2 amide bonds. The molecular weight excluding hydrogens is 653 g/mol. The third kappa shape index (κ3) is 5.94. The van der Waals surface area contributed by atoms with Gasteiger partial charge < -0.3 is 15.6 Å². The normalized spacial score (nSPS) is 15.6. The number of nitrogens with two attached hydrogens (primary N) is 1. The minimum Gasteiger partial charge on any atom is -0.365 e. The lowest BCUT2D eigenvalue weighted by atomic mass is 9.80. The second-order valence-corrected chi connectivity index (χ2v) is 13.2. The van der Waals surface area contributed by atoms with E-state index in [0.717, 1.165) is 41.7 Å². The van der Waals surface area contributed by atoms with Crippen LogP contribution in [0.2, 0.25) is 0 Å². The molecule has 0 bridgehead atoms. The molecular formula is C39H32F5N3O3. The molecule has 4 aromatic carbocycles. The van der Waals surface area contributed by atoms with Gasteiger partial charge in [0.05, 0.1) is 29.1 Å². The van der Waals surface area contributed by atoms with Gasteiger partial charge in [0.1, 0.15) is 29.1 Å². The third-order valence-corrected chi connectivity index (χ3v) is 9.91. The molecule has 7 rings (SSSR count). The Morgan fingerprint density at radius 2 is 1.42 bits per heavy atom. The molecule has 3 N–H and O–H groups in total. The Bertz CT molecular complexity index is 2240. The van der Waals surface area contributed by atoms with Crippen molar-refractivity contribution in [1.29, 1.82) is 0 Å². The van der Waals surface area contributed by atoms with Crippen molar-refractivity contribution in [3.8, 4) is 0 Å². The van der Waals surface area contributed by atoms with Gasteiger partial charge in [-0.3, -0.25) is 14.4 Å². The standard InChI is InChI=1S/C39H32F5N3O3/c1-19-31(38(49)46-36(21-13-14-21)22-5-2-6-23(40)17-22)34-25(32(20-11-12-20)24-7-3-10-29(43)33(24)37(45)48)15-16-30(44)35(34)39(50)47(19)18-26-27(41)8-4-9-28(26)42/h2-10,15-17,20-21,32,36H,11-14,18H2,1H3,(H2,45,48)(H,46,49)/t32-,36+/m1/s1. The number of amides is 2. The smallest absolute Gasteiger partial charge is 0.261 e. The van der Waals surface area contributed by atoms with Gasteiger partial charge >= 0.3 is 0 Å². The molecule has 0 unspecified atom stereocenters. The predicted molar refractivity (Wildman–Crippen MR) is 177 cm³/mol. The molecule has 0 saturated heterocycles. The number of fused-ring (bicyclic) bond motifs is 1. The summed E-state index contributed by atoms with van der Waals surface area (Å²) < 4.78 is 76.4. The number of halogens is 5. The number of hydrogen-bond donors (Lipinski definition) is 2. The van der Waals surface area contributed by atoms with Crippen LogP contribution in [0.5, 0.6) is 0 Å². The summed E-state index contributed by atoms with van der Waals surface area (Å²) in [7, 11) is 0. The van der Waals surface area contributed by atoms with E-state index in [1.54, 1.807) is 12.1 Å². The summed E-state index contributed by atoms with van der Waals surface area (Å²) in [4.78, 5) is 41.5. The third-order valence-electron chi connectivity index (χ3n) is 9.91. The highest BCUT2D eigenvalue weighted by molar-refractivity contribution is 6.09. The van der Waals surface area contributed by atoms with Gasteiger partial charge in [0.15, 0.2) is 0 Å². The molecule has 2 aliphatic carbocycles. The number of nitrogens with one attached hydrogen (secondary N) is 1. The summed E-state index contributed by atoms with van der Waals surface area (Å²) in [5, 5.41) is 2.41. The molecule has 5 aromatic rings. The van der Waals surface area contributed by atoms with Gasteiger partial charge in [-0.1, -0.05) is 36.4 Å². The highest BCUT2D eigenvalue weighted by Gasteiger charge is 2.40. The van der Waals surface area contributed by atoms with Crippen molar-refractivity contribution in [2.24, 2.45) is 17.6 Å². The molecule has 50 heavy (non-hydrogen) atoms. The summed E-state index contributed by atoms with van der Waals surface area (Å²) in [6.45, 7) is 0.779. The van der Waals surface area contributed by atoms with Crippen molar-refractivity contribution >= 4 is 22.6 Å². The molecule has 256 valence electrons. The highest BCUT2D eigenvalue weighted by atomic mass is 19.1. The number of benzene rings is 4. The predicted octanol–water partition coefficient (Wildman–Crippen LogP) is 7.58. The number of hydrogen-bond acceptors (Lipinski definition) is 3. The van der Waals surface area contributed by atoms with Crippen molar-refractivity contribution in [3.63, 3.8) is 0 Å². The number of primary amides is 1. The zero-order valence-electron chi connectivity index (χ0n) is 26.9. The first-order chi connectivity index (χ1) is 24.0. The van der Waals surface area contributed by atoms with Crippen LogP contribution in [0, 0.1) is 47.8 Å². The number of aromatic nitrogens is 1. The van der Waals surface area contributed by atoms with Gasteiger partial charge in [0.2, 0.25) is 0 Å². The minimum atomic E-state index is -1.01. The fourth-order valence-corrected chi connectivity index (χ4v) is 7.23. The number of rotatable bonds is 10. The Kier molecular flexibility index (Phi) is 8.53. The lowest BCUT2D eigenvalue weighted by molar-refractivity contribution is 0.0930. The Morgan fingerprint density at radius 1 is 0.780 bits per heavy atom. The van der Waals surface area contributed by atoms with Crippen LogP contribution in [0.3, 0.4) is 0 Å². The van der Waals surface area contributed by atoms with E-state index < -0.39 is 75.9 Å². The molecule has 2 atom stereocenters. The summed E-state index contributed by atoms with van der Waals surface area (Å²) >= 11 is 0. The summed E-state index contributed by atoms with van der Waals surface area (Å²) in [5.74, 6) is -6.91. The quantitative estimate of drug-likeness (QED) is 0.149.